The minimum Gasteiger partial charge on any atom is -0.391 e. The smallest absolute Gasteiger partial charge is 0.391 e. The summed E-state index contributed by atoms with van der Waals surface area (Å²) in [6, 6.07) is -0.772. The molecule has 0 fully saturated rings. The fourth-order valence-corrected chi connectivity index (χ4v) is 6.85. The zero-order chi connectivity index (χ0) is 44.3. The highest BCUT2D eigenvalue weighted by Gasteiger charge is 2.28. The molecular weight excluding hydrogens is 768 g/mol. The molecule has 0 heterocycles. The van der Waals surface area contributed by atoms with E-state index in [0.29, 0.717) is 23.9 Å². The van der Waals surface area contributed by atoms with E-state index in [9.17, 15) is 19.4 Å². The van der Waals surface area contributed by atoms with Gasteiger partial charge in [0.15, 0.2) is 0 Å². The van der Waals surface area contributed by atoms with Gasteiger partial charge < -0.3 is 19.8 Å². The minimum absolute atomic E-state index is 0.0655. The van der Waals surface area contributed by atoms with E-state index < -0.39 is 20.0 Å². The quantitative estimate of drug-likeness (QED) is 0.0245. The Labute approximate surface area is 369 Å². The van der Waals surface area contributed by atoms with Crippen molar-refractivity contribution < 1.29 is 32.9 Å². The Hall–Kier alpha value is -2.58. The molecule has 0 spiro atoms. The number of carbonyl (C=O) groups excluding carboxylic acids is 1. The van der Waals surface area contributed by atoms with Crippen LogP contribution in [0.4, 0.5) is 0 Å². The van der Waals surface area contributed by atoms with Gasteiger partial charge >= 0.3 is 7.82 Å². The van der Waals surface area contributed by atoms with Crippen LogP contribution in [0.5, 0.6) is 0 Å². The van der Waals surface area contributed by atoms with E-state index in [1.807, 2.05) is 21.1 Å². The number of likely N-dealkylation sites (N-methyl/N-ethyl adjacent to an activating group) is 1. The highest BCUT2D eigenvalue weighted by atomic mass is 31.2. The van der Waals surface area contributed by atoms with Gasteiger partial charge in [0.25, 0.3) is 0 Å². The van der Waals surface area contributed by atoms with Crippen molar-refractivity contribution in [3.05, 3.63) is 97.2 Å². The van der Waals surface area contributed by atoms with Crippen LogP contribution in [0.15, 0.2) is 97.2 Å². The van der Waals surface area contributed by atoms with Crippen molar-refractivity contribution in [1.82, 2.24) is 5.32 Å². The molecule has 344 valence electrons. The Bertz CT molecular complexity index is 1290. The largest absolute Gasteiger partial charge is 0.472 e. The van der Waals surface area contributed by atoms with E-state index in [1.165, 1.54) is 38.5 Å². The highest BCUT2D eigenvalue weighted by molar-refractivity contribution is 7.47. The lowest BCUT2D eigenvalue weighted by Gasteiger charge is -2.26. The Morgan fingerprint density at radius 3 is 1.47 bits per heavy atom. The third-order valence-electron chi connectivity index (χ3n) is 9.85. The molecule has 3 unspecified atom stereocenters. The van der Waals surface area contributed by atoms with E-state index in [4.69, 9.17) is 9.05 Å². The van der Waals surface area contributed by atoms with Gasteiger partial charge in [0.2, 0.25) is 5.91 Å². The number of hydrogen-bond acceptors (Lipinski definition) is 5. The van der Waals surface area contributed by atoms with Gasteiger partial charge in [-0.25, -0.2) is 4.57 Å². The number of quaternary nitrogens is 1. The third-order valence-corrected chi connectivity index (χ3v) is 10.8. The number of aliphatic hydroxyl groups excluding tert-OH is 1. The van der Waals surface area contributed by atoms with Gasteiger partial charge in [-0.1, -0.05) is 182 Å². The summed E-state index contributed by atoms with van der Waals surface area (Å²) in [7, 11) is 1.58. The number of amides is 1. The summed E-state index contributed by atoms with van der Waals surface area (Å²) in [6.07, 6.45) is 58.9. The van der Waals surface area contributed by atoms with Crippen LogP contribution < -0.4 is 5.32 Å². The Kier molecular flexibility index (Phi) is 40.0. The van der Waals surface area contributed by atoms with Crippen LogP contribution in [-0.2, 0) is 18.4 Å². The molecule has 8 nitrogen and oxygen atoms in total. The lowest BCUT2D eigenvalue weighted by molar-refractivity contribution is -0.870. The molecular formula is C51H90N2O6P+. The van der Waals surface area contributed by atoms with Gasteiger partial charge in [0.1, 0.15) is 13.2 Å². The van der Waals surface area contributed by atoms with Gasteiger partial charge in [-0.15, -0.1) is 0 Å². The zero-order valence-corrected chi connectivity index (χ0v) is 39.8. The van der Waals surface area contributed by atoms with Crippen LogP contribution in [0, 0.1) is 0 Å². The third kappa shape index (κ3) is 43.5. The topological polar surface area (TPSA) is 105 Å². The summed E-state index contributed by atoms with van der Waals surface area (Å²) < 4.78 is 23.5. The van der Waals surface area contributed by atoms with Crippen LogP contribution >= 0.6 is 7.82 Å². The van der Waals surface area contributed by atoms with E-state index in [-0.39, 0.29) is 19.1 Å². The summed E-state index contributed by atoms with van der Waals surface area (Å²) in [5.74, 6) is -0.169. The summed E-state index contributed by atoms with van der Waals surface area (Å²) in [6.45, 7) is 4.68. The molecule has 0 saturated carbocycles. The maximum atomic E-state index is 12.8. The first kappa shape index (κ1) is 57.4. The van der Waals surface area contributed by atoms with Gasteiger partial charge in [-0.3, -0.25) is 13.8 Å². The van der Waals surface area contributed by atoms with Crippen molar-refractivity contribution in [2.24, 2.45) is 0 Å². The minimum atomic E-state index is -4.32. The number of hydrogen-bond donors (Lipinski definition) is 3. The van der Waals surface area contributed by atoms with Gasteiger partial charge in [-0.2, -0.15) is 0 Å². The molecule has 3 atom stereocenters. The first-order chi connectivity index (χ1) is 29.0. The maximum Gasteiger partial charge on any atom is 0.472 e. The highest BCUT2D eigenvalue weighted by Crippen LogP contribution is 2.43. The number of unbranched alkanes of at least 4 members (excludes halogenated alkanes) is 12. The average molecular weight is 858 g/mol. The number of nitrogens with zero attached hydrogens (tertiary/aromatic N) is 1. The van der Waals surface area contributed by atoms with Crippen molar-refractivity contribution in [2.75, 3.05) is 40.9 Å². The molecule has 0 radical (unpaired) electrons. The number of rotatable bonds is 41. The lowest BCUT2D eigenvalue weighted by Crippen LogP contribution is -2.46. The number of aliphatic hydroxyl groups is 1. The summed E-state index contributed by atoms with van der Waals surface area (Å²) in [5, 5.41) is 13.8. The first-order valence-electron chi connectivity index (χ1n) is 23.6. The van der Waals surface area contributed by atoms with Crippen molar-refractivity contribution in [3.63, 3.8) is 0 Å². The van der Waals surface area contributed by atoms with Crippen LogP contribution in [0.25, 0.3) is 0 Å². The molecule has 0 aliphatic rings. The molecule has 3 N–H and O–H groups in total. The van der Waals surface area contributed by atoms with Crippen molar-refractivity contribution in [1.29, 1.82) is 0 Å². The fourth-order valence-electron chi connectivity index (χ4n) is 6.12. The first-order valence-corrected chi connectivity index (χ1v) is 25.1. The van der Waals surface area contributed by atoms with E-state index >= 15 is 0 Å². The number of phosphoric ester groups is 1. The Morgan fingerprint density at radius 2 is 1.00 bits per heavy atom. The second-order valence-electron chi connectivity index (χ2n) is 16.8. The molecule has 0 aromatic heterocycles. The molecule has 0 aliphatic heterocycles. The van der Waals surface area contributed by atoms with E-state index in [2.05, 4.69) is 116 Å². The summed E-state index contributed by atoms with van der Waals surface area (Å²) in [4.78, 5) is 23.1. The molecule has 0 aliphatic carbocycles. The molecule has 0 saturated heterocycles. The normalized spacial score (nSPS) is 15.1. The van der Waals surface area contributed by atoms with Gasteiger partial charge in [0, 0.05) is 6.42 Å². The van der Waals surface area contributed by atoms with Crippen molar-refractivity contribution in [2.45, 2.75) is 180 Å². The standard InChI is InChI=1S/C51H89N2O6P/c1-6-8-10-12-14-15-16-17-18-19-20-21-22-23-24-25-26-27-28-29-30-31-32-33-34-35-36-37-39-41-43-45-51(55)52-49(50(54)44-42-40-38-13-11-9-7-2)48-59-60(56,57)58-47-46-53(3,4)5/h8,10,14-15,17-18,20-21,23-24,26-27,29-30,32-33,49-50,54H,6-7,9,11-13,16,19,22,25,28,31,34-48H2,1-5H3,(H-,52,55,56,57)/p+1/b10-8-,15-14-,18-17-,21-20-,24-23-,27-26-,30-29-,33-32-. The second kappa shape index (κ2) is 41.8. The molecule has 0 rings (SSSR count). The predicted octanol–water partition coefficient (Wildman–Crippen LogP) is 13.5. The zero-order valence-electron chi connectivity index (χ0n) is 38.9. The van der Waals surface area contributed by atoms with E-state index in [0.717, 1.165) is 103 Å². The summed E-state index contributed by atoms with van der Waals surface area (Å²) in [5.41, 5.74) is 0. The lowest BCUT2D eigenvalue weighted by atomic mass is 10.0. The number of nitrogens with one attached hydrogen (secondary N) is 1. The molecule has 0 aromatic carbocycles. The van der Waals surface area contributed by atoms with Gasteiger partial charge in [0.05, 0.1) is 39.9 Å². The van der Waals surface area contributed by atoms with Crippen LogP contribution in [-0.4, -0.2) is 73.4 Å². The van der Waals surface area contributed by atoms with Crippen LogP contribution in [0.2, 0.25) is 0 Å². The molecule has 60 heavy (non-hydrogen) atoms. The van der Waals surface area contributed by atoms with E-state index in [1.54, 1.807) is 0 Å². The van der Waals surface area contributed by atoms with Crippen LogP contribution in [0.1, 0.15) is 168 Å². The Morgan fingerprint density at radius 1 is 0.583 bits per heavy atom. The second-order valence-corrected chi connectivity index (χ2v) is 18.2. The molecule has 0 aromatic rings. The van der Waals surface area contributed by atoms with Gasteiger partial charge in [-0.05, 0) is 77.0 Å². The van der Waals surface area contributed by atoms with Crippen LogP contribution in [0.3, 0.4) is 0 Å². The number of phosphoric acid groups is 1. The van der Waals surface area contributed by atoms with Crippen molar-refractivity contribution >= 4 is 13.7 Å². The summed E-state index contributed by atoms with van der Waals surface area (Å²) >= 11 is 0. The maximum absolute atomic E-state index is 12.8. The predicted molar refractivity (Wildman–Crippen MR) is 258 cm³/mol. The Balaban J connectivity index is 4.14. The fraction of sp³-hybridized carbons (Fsp3) is 0.667. The molecule has 1 amide bonds. The number of allylic oxidation sites excluding steroid dienone is 16. The monoisotopic (exact) mass is 858 g/mol. The molecule has 9 heteroatoms. The molecule has 0 bridgehead atoms. The SMILES string of the molecule is CC/C=C\C/C=C\C/C=C\C/C=C\C/C=C\C/C=C\C/C=C\C/C=C\CCCCCCCCC(=O)NC(COP(=O)(O)OCC[N+](C)(C)C)C(O)CCCCCCCCC. The number of carbonyl (C=O) groups is 1. The van der Waals surface area contributed by atoms with Crippen molar-refractivity contribution in [3.8, 4) is 0 Å². The average Bonchev–Trinajstić information content (AvgIpc) is 3.20.